The molecule has 6 heteroatoms. The van der Waals surface area contributed by atoms with E-state index in [1.54, 1.807) is 31.1 Å². The van der Waals surface area contributed by atoms with Crippen molar-refractivity contribution < 1.29 is 14.3 Å². The van der Waals surface area contributed by atoms with Gasteiger partial charge in [-0.3, -0.25) is 14.4 Å². The quantitative estimate of drug-likeness (QED) is 0.773. The first kappa shape index (κ1) is 15.3. The maximum atomic E-state index is 12.4. The van der Waals surface area contributed by atoms with Gasteiger partial charge in [0.25, 0.3) is 11.5 Å². The lowest BCUT2D eigenvalue weighted by molar-refractivity contribution is -0.149. The van der Waals surface area contributed by atoms with Crippen LogP contribution in [0.15, 0.2) is 23.1 Å². The van der Waals surface area contributed by atoms with Crippen LogP contribution in [0.1, 0.15) is 30.1 Å². The number of aromatic nitrogens is 1. The molecule has 21 heavy (non-hydrogen) atoms. The maximum absolute atomic E-state index is 12.4. The number of aryl methyl sites for hydroxylation is 1. The van der Waals surface area contributed by atoms with Gasteiger partial charge in [0.1, 0.15) is 0 Å². The summed E-state index contributed by atoms with van der Waals surface area (Å²) in [6, 6.07) is 2.95. The normalized spacial score (nSPS) is 18.4. The summed E-state index contributed by atoms with van der Waals surface area (Å²) in [5.41, 5.74) is 0.141. The van der Waals surface area contributed by atoms with E-state index in [1.807, 2.05) is 0 Å². The summed E-state index contributed by atoms with van der Waals surface area (Å²) in [5.74, 6) is -0.727. The summed E-state index contributed by atoms with van der Waals surface area (Å²) in [5, 5.41) is 0. The average molecular weight is 292 g/mol. The summed E-state index contributed by atoms with van der Waals surface area (Å²) in [7, 11) is 1.63. The highest BCUT2D eigenvalue weighted by Gasteiger charge is 2.29. The van der Waals surface area contributed by atoms with Crippen LogP contribution in [-0.4, -0.2) is 41.0 Å². The Morgan fingerprint density at radius 2 is 2.19 bits per heavy atom. The molecule has 1 aliphatic rings. The lowest BCUT2D eigenvalue weighted by Gasteiger charge is -2.31. The van der Waals surface area contributed by atoms with E-state index < -0.39 is 0 Å². The summed E-state index contributed by atoms with van der Waals surface area (Å²) in [4.78, 5) is 37.4. The minimum absolute atomic E-state index is 0.207. The molecule has 0 spiro atoms. The molecule has 0 radical (unpaired) electrons. The van der Waals surface area contributed by atoms with Crippen LogP contribution < -0.4 is 5.56 Å². The molecular formula is C15H20N2O4. The average Bonchev–Trinajstić information content (AvgIpc) is 2.49. The molecular weight excluding hydrogens is 272 g/mol. The lowest BCUT2D eigenvalue weighted by Crippen LogP contribution is -2.43. The number of ether oxygens (including phenoxy) is 1. The van der Waals surface area contributed by atoms with Crippen molar-refractivity contribution in [2.45, 2.75) is 19.8 Å². The smallest absolute Gasteiger partial charge is 0.310 e. The predicted octanol–water partition coefficient (Wildman–Crippen LogP) is 0.801. The van der Waals surface area contributed by atoms with Gasteiger partial charge in [-0.25, -0.2) is 0 Å². The molecule has 1 aromatic rings. The summed E-state index contributed by atoms with van der Waals surface area (Å²) in [6.07, 6.45) is 3.07. The van der Waals surface area contributed by atoms with Crippen molar-refractivity contribution in [3.8, 4) is 0 Å². The number of esters is 1. The summed E-state index contributed by atoms with van der Waals surface area (Å²) < 4.78 is 6.43. The van der Waals surface area contributed by atoms with Crippen LogP contribution in [-0.2, 0) is 16.6 Å². The van der Waals surface area contributed by atoms with Crippen molar-refractivity contribution in [2.24, 2.45) is 13.0 Å². The Labute approximate surface area is 123 Å². The number of amides is 1. The van der Waals surface area contributed by atoms with Gasteiger partial charge in [0.15, 0.2) is 0 Å². The maximum Gasteiger partial charge on any atom is 0.310 e. The van der Waals surface area contributed by atoms with Crippen LogP contribution in [0.3, 0.4) is 0 Å². The molecule has 1 aromatic heterocycles. The molecule has 2 heterocycles. The zero-order chi connectivity index (χ0) is 15.4. The van der Waals surface area contributed by atoms with Crippen LogP contribution in [0.2, 0.25) is 0 Å². The van der Waals surface area contributed by atoms with E-state index in [1.165, 1.54) is 10.6 Å². The highest BCUT2D eigenvalue weighted by molar-refractivity contribution is 5.94. The van der Waals surface area contributed by atoms with Gasteiger partial charge in [-0.2, -0.15) is 0 Å². The molecule has 1 unspecified atom stereocenters. The van der Waals surface area contributed by atoms with Gasteiger partial charge in [-0.15, -0.1) is 0 Å². The molecule has 1 amide bonds. The standard InChI is InChI=1S/C15H20N2O4/c1-3-21-15(20)12-5-4-7-17(10-12)14(19)11-6-8-16(2)13(18)9-11/h6,8-9,12H,3-5,7,10H2,1-2H3. The van der Waals surface area contributed by atoms with Crippen LogP contribution in [0.5, 0.6) is 0 Å². The second-order valence-corrected chi connectivity index (χ2v) is 5.21. The number of piperidine rings is 1. The minimum atomic E-state index is -0.269. The third-order valence-corrected chi connectivity index (χ3v) is 3.68. The van der Waals surface area contributed by atoms with Crippen molar-refractivity contribution in [1.82, 2.24) is 9.47 Å². The zero-order valence-electron chi connectivity index (χ0n) is 12.4. The molecule has 0 bridgehead atoms. The molecule has 1 fully saturated rings. The van der Waals surface area contributed by atoms with Crippen LogP contribution in [0.4, 0.5) is 0 Å². The van der Waals surface area contributed by atoms with E-state index in [9.17, 15) is 14.4 Å². The molecule has 114 valence electrons. The van der Waals surface area contributed by atoms with Crippen molar-refractivity contribution in [3.63, 3.8) is 0 Å². The fourth-order valence-corrected chi connectivity index (χ4v) is 2.48. The minimum Gasteiger partial charge on any atom is -0.466 e. The molecule has 1 atom stereocenters. The van der Waals surface area contributed by atoms with Crippen molar-refractivity contribution in [1.29, 1.82) is 0 Å². The number of nitrogens with zero attached hydrogens (tertiary/aromatic N) is 2. The van der Waals surface area contributed by atoms with Crippen LogP contribution >= 0.6 is 0 Å². The van der Waals surface area contributed by atoms with Gasteiger partial charge in [-0.1, -0.05) is 0 Å². The topological polar surface area (TPSA) is 68.6 Å². The first-order valence-corrected chi connectivity index (χ1v) is 7.15. The number of carbonyl (C=O) groups is 2. The van der Waals surface area contributed by atoms with E-state index in [0.29, 0.717) is 25.3 Å². The predicted molar refractivity (Wildman–Crippen MR) is 76.9 cm³/mol. The first-order valence-electron chi connectivity index (χ1n) is 7.15. The third kappa shape index (κ3) is 3.51. The van der Waals surface area contributed by atoms with Gasteiger partial charge in [-0.05, 0) is 25.8 Å². The second kappa shape index (κ2) is 6.56. The molecule has 1 aliphatic heterocycles. The van der Waals surface area contributed by atoms with Crippen molar-refractivity contribution in [2.75, 3.05) is 19.7 Å². The summed E-state index contributed by atoms with van der Waals surface area (Å²) in [6.45, 7) is 3.07. The Morgan fingerprint density at radius 1 is 1.43 bits per heavy atom. The Kier molecular flexibility index (Phi) is 4.77. The van der Waals surface area contributed by atoms with Gasteiger partial charge in [0, 0.05) is 38.0 Å². The van der Waals surface area contributed by atoms with E-state index in [4.69, 9.17) is 4.74 Å². The fraction of sp³-hybridized carbons (Fsp3) is 0.533. The Morgan fingerprint density at radius 3 is 2.86 bits per heavy atom. The number of carbonyl (C=O) groups excluding carboxylic acids is 2. The second-order valence-electron chi connectivity index (χ2n) is 5.21. The fourth-order valence-electron chi connectivity index (χ4n) is 2.48. The SMILES string of the molecule is CCOC(=O)C1CCCN(C(=O)c2ccn(C)c(=O)c2)C1. The first-order chi connectivity index (χ1) is 10.0. The Hall–Kier alpha value is -2.11. The Bertz CT molecular complexity index is 594. The van der Waals surface area contributed by atoms with E-state index in [0.717, 1.165) is 12.8 Å². The molecule has 0 N–H and O–H groups in total. The van der Waals surface area contributed by atoms with Crippen LogP contribution in [0, 0.1) is 5.92 Å². The van der Waals surface area contributed by atoms with Crippen LogP contribution in [0.25, 0.3) is 0 Å². The largest absolute Gasteiger partial charge is 0.466 e. The molecule has 0 aliphatic carbocycles. The molecule has 6 nitrogen and oxygen atoms in total. The number of pyridine rings is 1. The molecule has 0 saturated carbocycles. The monoisotopic (exact) mass is 292 g/mol. The van der Waals surface area contributed by atoms with E-state index in [-0.39, 0.29) is 23.4 Å². The lowest BCUT2D eigenvalue weighted by atomic mass is 9.97. The number of rotatable bonds is 3. The highest BCUT2D eigenvalue weighted by atomic mass is 16.5. The van der Waals surface area contributed by atoms with Crippen molar-refractivity contribution in [3.05, 3.63) is 34.2 Å². The van der Waals surface area contributed by atoms with Crippen molar-refractivity contribution >= 4 is 11.9 Å². The van der Waals surface area contributed by atoms with Gasteiger partial charge >= 0.3 is 5.97 Å². The van der Waals surface area contributed by atoms with Gasteiger partial charge < -0.3 is 14.2 Å². The molecule has 0 aromatic carbocycles. The zero-order valence-corrected chi connectivity index (χ0v) is 12.4. The summed E-state index contributed by atoms with van der Waals surface area (Å²) >= 11 is 0. The highest BCUT2D eigenvalue weighted by Crippen LogP contribution is 2.19. The number of hydrogen-bond donors (Lipinski definition) is 0. The van der Waals surface area contributed by atoms with Gasteiger partial charge in [0.2, 0.25) is 0 Å². The number of hydrogen-bond acceptors (Lipinski definition) is 4. The van der Waals surface area contributed by atoms with E-state index >= 15 is 0 Å². The molecule has 1 saturated heterocycles. The number of likely N-dealkylation sites (tertiary alicyclic amines) is 1. The van der Waals surface area contributed by atoms with Gasteiger partial charge in [0.05, 0.1) is 12.5 Å². The third-order valence-electron chi connectivity index (χ3n) is 3.68. The molecule has 2 rings (SSSR count). The Balaban J connectivity index is 2.10. The van der Waals surface area contributed by atoms with E-state index in [2.05, 4.69) is 0 Å².